The maximum atomic E-state index is 12.1. The molecular formula is C14H13NO4S. The van der Waals surface area contributed by atoms with E-state index in [0.717, 1.165) is 5.56 Å². The highest BCUT2D eigenvalue weighted by molar-refractivity contribution is 7.86. The Labute approximate surface area is 117 Å². The molecule has 2 aromatic carbocycles. The monoisotopic (exact) mass is 291 g/mol. The van der Waals surface area contributed by atoms with Gasteiger partial charge in [0, 0.05) is 5.69 Å². The van der Waals surface area contributed by atoms with E-state index in [0.29, 0.717) is 5.69 Å². The second kappa shape index (κ2) is 5.44. The minimum absolute atomic E-state index is 0.100. The summed E-state index contributed by atoms with van der Waals surface area (Å²) in [7, 11) is -4.44. The summed E-state index contributed by atoms with van der Waals surface area (Å²) in [6.45, 7) is 1.88. The van der Waals surface area contributed by atoms with Crippen LogP contribution in [0.4, 0.5) is 5.69 Å². The molecule has 2 aromatic rings. The van der Waals surface area contributed by atoms with E-state index in [1.165, 1.54) is 24.3 Å². The molecule has 0 saturated heterocycles. The minimum Gasteiger partial charge on any atom is -0.322 e. The van der Waals surface area contributed by atoms with Gasteiger partial charge in [-0.05, 0) is 36.8 Å². The van der Waals surface area contributed by atoms with Crippen molar-refractivity contribution >= 4 is 21.7 Å². The molecule has 0 heterocycles. The molecule has 0 fully saturated rings. The molecule has 0 unspecified atom stereocenters. The lowest BCUT2D eigenvalue weighted by molar-refractivity contribution is 0.102. The highest BCUT2D eigenvalue weighted by Crippen LogP contribution is 2.17. The fraction of sp³-hybridized carbons (Fsp3) is 0.0714. The van der Waals surface area contributed by atoms with E-state index in [-0.39, 0.29) is 5.56 Å². The van der Waals surface area contributed by atoms with Gasteiger partial charge in [0.15, 0.2) is 0 Å². The average molecular weight is 291 g/mol. The summed E-state index contributed by atoms with van der Waals surface area (Å²) in [4.78, 5) is 11.7. The molecule has 2 rings (SSSR count). The van der Waals surface area contributed by atoms with Crippen LogP contribution in [0.3, 0.4) is 0 Å². The summed E-state index contributed by atoms with van der Waals surface area (Å²) >= 11 is 0. The maximum Gasteiger partial charge on any atom is 0.295 e. The van der Waals surface area contributed by atoms with Crippen LogP contribution in [0.5, 0.6) is 0 Å². The molecule has 20 heavy (non-hydrogen) atoms. The molecule has 2 N–H and O–H groups in total. The van der Waals surface area contributed by atoms with E-state index in [2.05, 4.69) is 5.32 Å². The standard InChI is InChI=1S/C14H13NO4S/c1-10-5-4-6-11(9-10)15-14(16)12-7-2-3-8-13(12)20(17,18)19/h2-9H,1H3,(H,15,16)(H,17,18,19). The molecule has 5 nitrogen and oxygen atoms in total. The number of nitrogens with one attached hydrogen (secondary N) is 1. The summed E-state index contributed by atoms with van der Waals surface area (Å²) < 4.78 is 31.6. The van der Waals surface area contributed by atoms with E-state index >= 15 is 0 Å². The summed E-state index contributed by atoms with van der Waals surface area (Å²) in [5, 5.41) is 2.60. The Bertz CT molecular complexity index is 753. The maximum absolute atomic E-state index is 12.1. The van der Waals surface area contributed by atoms with Crippen molar-refractivity contribution in [2.45, 2.75) is 11.8 Å². The highest BCUT2D eigenvalue weighted by atomic mass is 32.2. The first-order chi connectivity index (χ1) is 9.38. The molecule has 1 amide bonds. The van der Waals surface area contributed by atoms with E-state index in [1.54, 1.807) is 18.2 Å². The normalized spacial score (nSPS) is 11.1. The average Bonchev–Trinajstić information content (AvgIpc) is 2.37. The van der Waals surface area contributed by atoms with Gasteiger partial charge in [0.1, 0.15) is 4.90 Å². The van der Waals surface area contributed by atoms with Gasteiger partial charge in [-0.1, -0.05) is 24.3 Å². The Morgan fingerprint density at radius 2 is 1.80 bits per heavy atom. The van der Waals surface area contributed by atoms with Crippen molar-refractivity contribution in [3.8, 4) is 0 Å². The summed E-state index contributed by atoms with van der Waals surface area (Å²) in [5.74, 6) is -0.594. The van der Waals surface area contributed by atoms with Gasteiger partial charge in [-0.2, -0.15) is 8.42 Å². The number of benzene rings is 2. The molecule has 0 atom stereocenters. The van der Waals surface area contributed by atoms with Gasteiger partial charge in [-0.3, -0.25) is 9.35 Å². The third-order valence-corrected chi connectivity index (χ3v) is 3.60. The fourth-order valence-electron chi connectivity index (χ4n) is 1.80. The van der Waals surface area contributed by atoms with Gasteiger partial charge < -0.3 is 5.32 Å². The minimum atomic E-state index is -4.44. The van der Waals surface area contributed by atoms with Crippen LogP contribution in [-0.2, 0) is 10.1 Å². The topological polar surface area (TPSA) is 83.5 Å². The first kappa shape index (κ1) is 14.2. The summed E-state index contributed by atoms with van der Waals surface area (Å²) in [5.41, 5.74) is 1.42. The molecule has 104 valence electrons. The lowest BCUT2D eigenvalue weighted by atomic mass is 10.2. The Morgan fingerprint density at radius 1 is 1.10 bits per heavy atom. The van der Waals surface area contributed by atoms with E-state index in [9.17, 15) is 13.2 Å². The molecule has 0 aliphatic heterocycles. The van der Waals surface area contributed by atoms with Crippen molar-refractivity contribution in [1.29, 1.82) is 0 Å². The molecule has 0 aliphatic carbocycles. The molecular weight excluding hydrogens is 278 g/mol. The van der Waals surface area contributed by atoms with Crippen LogP contribution in [-0.4, -0.2) is 18.9 Å². The first-order valence-corrected chi connectivity index (χ1v) is 7.26. The molecule has 0 aliphatic rings. The largest absolute Gasteiger partial charge is 0.322 e. The third-order valence-electron chi connectivity index (χ3n) is 2.69. The van der Waals surface area contributed by atoms with Crippen molar-refractivity contribution in [3.05, 3.63) is 59.7 Å². The zero-order valence-electron chi connectivity index (χ0n) is 10.7. The molecule has 0 radical (unpaired) electrons. The molecule has 0 aromatic heterocycles. The van der Waals surface area contributed by atoms with Crippen LogP contribution in [0.1, 0.15) is 15.9 Å². The summed E-state index contributed by atoms with van der Waals surface area (Å²) in [6, 6.07) is 12.6. The molecule has 0 spiro atoms. The Morgan fingerprint density at radius 3 is 2.45 bits per heavy atom. The summed E-state index contributed by atoms with van der Waals surface area (Å²) in [6.07, 6.45) is 0. The Hall–Kier alpha value is -2.18. The van der Waals surface area contributed by atoms with E-state index in [4.69, 9.17) is 4.55 Å². The number of carbonyl (C=O) groups excluding carboxylic acids is 1. The van der Waals surface area contributed by atoms with Crippen molar-refractivity contribution in [1.82, 2.24) is 0 Å². The van der Waals surface area contributed by atoms with Gasteiger partial charge in [0.25, 0.3) is 16.0 Å². The predicted octanol–water partition coefficient (Wildman–Crippen LogP) is 2.49. The lowest BCUT2D eigenvalue weighted by Gasteiger charge is -2.08. The molecule has 0 saturated carbocycles. The quantitative estimate of drug-likeness (QED) is 0.851. The lowest BCUT2D eigenvalue weighted by Crippen LogP contribution is -2.16. The number of hydrogen-bond acceptors (Lipinski definition) is 3. The highest BCUT2D eigenvalue weighted by Gasteiger charge is 2.19. The number of hydrogen-bond donors (Lipinski definition) is 2. The fourth-order valence-corrected chi connectivity index (χ4v) is 2.49. The molecule has 6 heteroatoms. The van der Waals surface area contributed by atoms with Crippen molar-refractivity contribution in [2.24, 2.45) is 0 Å². The van der Waals surface area contributed by atoms with Crippen LogP contribution in [0, 0.1) is 6.92 Å². The van der Waals surface area contributed by atoms with Crippen LogP contribution >= 0.6 is 0 Å². The molecule has 0 bridgehead atoms. The van der Waals surface area contributed by atoms with Gasteiger partial charge in [-0.25, -0.2) is 0 Å². The van der Waals surface area contributed by atoms with Crippen molar-refractivity contribution < 1.29 is 17.8 Å². The van der Waals surface area contributed by atoms with E-state index in [1.807, 2.05) is 13.0 Å². The van der Waals surface area contributed by atoms with Gasteiger partial charge >= 0.3 is 0 Å². The second-order valence-corrected chi connectivity index (χ2v) is 5.68. The third kappa shape index (κ3) is 3.23. The number of amides is 1. The van der Waals surface area contributed by atoms with Crippen LogP contribution < -0.4 is 5.32 Å². The van der Waals surface area contributed by atoms with Crippen LogP contribution in [0.2, 0.25) is 0 Å². The smallest absolute Gasteiger partial charge is 0.295 e. The SMILES string of the molecule is Cc1cccc(NC(=O)c2ccccc2S(=O)(=O)O)c1. The van der Waals surface area contributed by atoms with Crippen LogP contribution in [0.15, 0.2) is 53.4 Å². The Balaban J connectivity index is 2.36. The first-order valence-electron chi connectivity index (χ1n) is 5.82. The Kier molecular flexibility index (Phi) is 3.87. The number of anilines is 1. The van der Waals surface area contributed by atoms with Gasteiger partial charge in [0.2, 0.25) is 0 Å². The number of aryl methyl sites for hydroxylation is 1. The van der Waals surface area contributed by atoms with Crippen molar-refractivity contribution in [3.63, 3.8) is 0 Å². The predicted molar refractivity (Wildman–Crippen MR) is 75.4 cm³/mol. The number of carbonyl (C=O) groups is 1. The second-order valence-electron chi connectivity index (χ2n) is 4.29. The zero-order valence-corrected chi connectivity index (χ0v) is 11.5. The van der Waals surface area contributed by atoms with Gasteiger partial charge in [0.05, 0.1) is 5.56 Å². The van der Waals surface area contributed by atoms with Gasteiger partial charge in [-0.15, -0.1) is 0 Å². The number of rotatable bonds is 3. The van der Waals surface area contributed by atoms with Crippen LogP contribution in [0.25, 0.3) is 0 Å². The zero-order chi connectivity index (χ0) is 14.8. The van der Waals surface area contributed by atoms with E-state index < -0.39 is 20.9 Å². The van der Waals surface area contributed by atoms with Crippen molar-refractivity contribution in [2.75, 3.05) is 5.32 Å².